The maximum Gasteiger partial charge on any atom is 0.0979 e. The van der Waals surface area contributed by atoms with Gasteiger partial charge in [0.2, 0.25) is 0 Å². The molecule has 6 aromatic carbocycles. The molecule has 0 amide bonds. The van der Waals surface area contributed by atoms with Crippen molar-refractivity contribution in [2.24, 2.45) is 0 Å². The SMILES string of the molecule is C1=CCC(c2cccc3c2sc2c(-c4cccc(-c5cnc6c7ccccc7c7ccccc7c6n5)c4)cccc23)C=C1. The van der Waals surface area contributed by atoms with Crippen LogP contribution in [0.4, 0.5) is 0 Å². The molecule has 0 spiro atoms. The highest BCUT2D eigenvalue weighted by Crippen LogP contribution is 2.44. The highest BCUT2D eigenvalue weighted by Gasteiger charge is 2.18. The second kappa shape index (κ2) is 9.72. The normalized spacial score (nSPS) is 14.9. The molecule has 0 aliphatic heterocycles. The lowest BCUT2D eigenvalue weighted by Gasteiger charge is -2.14. The molecule has 43 heavy (non-hydrogen) atoms. The predicted octanol–water partition coefficient (Wildman–Crippen LogP) is 11.2. The maximum atomic E-state index is 5.25. The Labute approximate surface area is 253 Å². The second-order valence-corrected chi connectivity index (χ2v) is 12.3. The van der Waals surface area contributed by atoms with Crippen LogP contribution in [0.1, 0.15) is 17.9 Å². The molecule has 1 atom stereocenters. The third-order valence-electron chi connectivity index (χ3n) is 8.83. The zero-order valence-corrected chi connectivity index (χ0v) is 24.2. The summed E-state index contributed by atoms with van der Waals surface area (Å²) in [6.45, 7) is 0. The minimum Gasteiger partial charge on any atom is -0.252 e. The van der Waals surface area contributed by atoms with Gasteiger partial charge in [0.25, 0.3) is 0 Å². The van der Waals surface area contributed by atoms with Gasteiger partial charge in [-0.25, -0.2) is 4.98 Å². The van der Waals surface area contributed by atoms with Gasteiger partial charge >= 0.3 is 0 Å². The van der Waals surface area contributed by atoms with E-state index < -0.39 is 0 Å². The summed E-state index contributed by atoms with van der Waals surface area (Å²) in [4.78, 5) is 10.2. The minimum atomic E-state index is 0.424. The third-order valence-corrected chi connectivity index (χ3v) is 10.1. The van der Waals surface area contributed by atoms with Crippen molar-refractivity contribution in [3.8, 4) is 22.4 Å². The second-order valence-electron chi connectivity index (χ2n) is 11.3. The lowest BCUT2D eigenvalue weighted by atomic mass is 9.91. The van der Waals surface area contributed by atoms with Gasteiger partial charge < -0.3 is 0 Å². The van der Waals surface area contributed by atoms with E-state index in [2.05, 4.69) is 133 Å². The molecule has 1 aliphatic rings. The summed E-state index contributed by atoms with van der Waals surface area (Å²) in [5, 5.41) is 7.36. The van der Waals surface area contributed by atoms with E-state index >= 15 is 0 Å². The fourth-order valence-corrected chi connectivity index (χ4v) is 8.19. The van der Waals surface area contributed by atoms with Gasteiger partial charge in [-0.2, -0.15) is 0 Å². The standard InChI is InChI=1S/C40H26N2S/c1-2-11-25(12-3-1)28-19-9-21-34-35-22-10-20-29(40(35)43-39(28)34)26-13-8-14-27(23-26)36-24-41-37-32-17-6-4-15-30(32)31-16-5-7-18-33(31)38(37)42-36/h1-11,13-25H,12H2. The first kappa shape index (κ1) is 24.5. The van der Waals surface area contributed by atoms with Crippen LogP contribution in [0.3, 0.4) is 0 Å². The number of nitrogens with zero attached hydrogens (tertiary/aromatic N) is 2. The number of hydrogen-bond acceptors (Lipinski definition) is 3. The molecule has 2 nitrogen and oxygen atoms in total. The lowest BCUT2D eigenvalue weighted by Crippen LogP contribution is -1.95. The lowest BCUT2D eigenvalue weighted by molar-refractivity contribution is 0.863. The van der Waals surface area contributed by atoms with E-state index in [1.807, 2.05) is 17.5 Å². The average molecular weight is 567 g/mol. The van der Waals surface area contributed by atoms with Crippen molar-refractivity contribution in [3.63, 3.8) is 0 Å². The number of thiophene rings is 1. The van der Waals surface area contributed by atoms with Crippen molar-refractivity contribution in [1.82, 2.24) is 9.97 Å². The van der Waals surface area contributed by atoms with Crippen LogP contribution >= 0.6 is 11.3 Å². The maximum absolute atomic E-state index is 5.25. The number of rotatable bonds is 3. The molecule has 0 radical (unpaired) electrons. The first-order valence-corrected chi connectivity index (χ1v) is 15.6. The number of hydrogen-bond donors (Lipinski definition) is 0. The van der Waals surface area contributed by atoms with Crippen LogP contribution in [-0.2, 0) is 0 Å². The number of aromatic nitrogens is 2. The van der Waals surface area contributed by atoms with E-state index in [1.165, 1.54) is 47.6 Å². The van der Waals surface area contributed by atoms with Gasteiger partial charge in [-0.05, 0) is 39.9 Å². The Balaban J connectivity index is 1.21. The molecule has 0 bridgehead atoms. The summed E-state index contributed by atoms with van der Waals surface area (Å²) in [6, 6.07) is 39.3. The summed E-state index contributed by atoms with van der Waals surface area (Å²) in [6.07, 6.45) is 11.9. The highest BCUT2D eigenvalue weighted by molar-refractivity contribution is 7.26. The average Bonchev–Trinajstić information content (AvgIpc) is 3.48. The first-order valence-electron chi connectivity index (χ1n) is 14.8. The Kier molecular flexibility index (Phi) is 5.53. The zero-order chi connectivity index (χ0) is 28.3. The van der Waals surface area contributed by atoms with E-state index in [0.717, 1.165) is 39.5 Å². The Hall–Kier alpha value is -5.12. The highest BCUT2D eigenvalue weighted by atomic mass is 32.1. The molecule has 202 valence electrons. The molecule has 8 aromatic rings. The smallest absolute Gasteiger partial charge is 0.0979 e. The molecular formula is C40H26N2S. The van der Waals surface area contributed by atoms with Gasteiger partial charge in [0, 0.05) is 42.4 Å². The van der Waals surface area contributed by atoms with Crippen LogP contribution < -0.4 is 0 Å². The zero-order valence-electron chi connectivity index (χ0n) is 23.4. The van der Waals surface area contributed by atoms with Crippen molar-refractivity contribution in [2.45, 2.75) is 12.3 Å². The molecule has 0 N–H and O–H groups in total. The Morgan fingerprint density at radius 2 is 1.26 bits per heavy atom. The fraction of sp³-hybridized carbons (Fsp3) is 0.0500. The van der Waals surface area contributed by atoms with Crippen molar-refractivity contribution in [2.75, 3.05) is 0 Å². The first-order chi connectivity index (χ1) is 21.3. The van der Waals surface area contributed by atoms with Crippen molar-refractivity contribution >= 4 is 64.1 Å². The summed E-state index contributed by atoms with van der Waals surface area (Å²) in [5.74, 6) is 0.424. The van der Waals surface area contributed by atoms with Gasteiger partial charge in [-0.15, -0.1) is 11.3 Å². The molecule has 1 aliphatic carbocycles. The van der Waals surface area contributed by atoms with Gasteiger partial charge in [0.15, 0.2) is 0 Å². The van der Waals surface area contributed by atoms with E-state index in [-0.39, 0.29) is 0 Å². The van der Waals surface area contributed by atoms with Gasteiger partial charge in [-0.1, -0.05) is 127 Å². The summed E-state index contributed by atoms with van der Waals surface area (Å²) in [5.41, 5.74) is 7.73. The molecule has 9 rings (SSSR count). The Morgan fingerprint density at radius 1 is 0.581 bits per heavy atom. The number of allylic oxidation sites excluding steroid dienone is 4. The van der Waals surface area contributed by atoms with Gasteiger partial charge in [-0.3, -0.25) is 4.98 Å². The molecule has 2 heterocycles. The molecule has 0 saturated carbocycles. The Bertz CT molecular complexity index is 2410. The van der Waals surface area contributed by atoms with Crippen LogP contribution in [0.5, 0.6) is 0 Å². The number of fused-ring (bicyclic) bond motifs is 9. The predicted molar refractivity (Wildman–Crippen MR) is 184 cm³/mol. The molecule has 0 saturated heterocycles. The molecular weight excluding hydrogens is 541 g/mol. The van der Waals surface area contributed by atoms with Gasteiger partial charge in [0.05, 0.1) is 22.9 Å². The van der Waals surface area contributed by atoms with Crippen LogP contribution in [0.2, 0.25) is 0 Å². The number of benzene rings is 6. The van der Waals surface area contributed by atoms with Gasteiger partial charge in [0.1, 0.15) is 0 Å². The van der Waals surface area contributed by atoms with Crippen LogP contribution in [-0.4, -0.2) is 9.97 Å². The summed E-state index contributed by atoms with van der Waals surface area (Å²) < 4.78 is 2.73. The van der Waals surface area contributed by atoms with Crippen molar-refractivity contribution in [3.05, 3.63) is 145 Å². The molecule has 0 fully saturated rings. The van der Waals surface area contributed by atoms with E-state index in [1.54, 1.807) is 0 Å². The largest absolute Gasteiger partial charge is 0.252 e. The van der Waals surface area contributed by atoms with Crippen LogP contribution in [0.25, 0.3) is 75.1 Å². The molecule has 1 unspecified atom stereocenters. The third kappa shape index (κ3) is 3.86. The quantitative estimate of drug-likeness (QED) is 0.199. The Morgan fingerprint density at radius 3 is 2.05 bits per heavy atom. The monoisotopic (exact) mass is 566 g/mol. The van der Waals surface area contributed by atoms with Crippen molar-refractivity contribution < 1.29 is 0 Å². The van der Waals surface area contributed by atoms with E-state index in [9.17, 15) is 0 Å². The van der Waals surface area contributed by atoms with E-state index in [0.29, 0.717) is 5.92 Å². The summed E-state index contributed by atoms with van der Waals surface area (Å²) >= 11 is 1.92. The van der Waals surface area contributed by atoms with Crippen molar-refractivity contribution in [1.29, 1.82) is 0 Å². The fourth-order valence-electron chi connectivity index (χ4n) is 6.78. The minimum absolute atomic E-state index is 0.424. The summed E-state index contributed by atoms with van der Waals surface area (Å²) in [7, 11) is 0. The molecule has 3 heteroatoms. The topological polar surface area (TPSA) is 25.8 Å². The molecule has 2 aromatic heterocycles. The van der Waals surface area contributed by atoms with Crippen LogP contribution in [0.15, 0.2) is 140 Å². The van der Waals surface area contributed by atoms with Crippen LogP contribution in [0, 0.1) is 0 Å². The van der Waals surface area contributed by atoms with E-state index in [4.69, 9.17) is 9.97 Å².